The molecular weight excluding hydrogens is 204 g/mol. The van der Waals surface area contributed by atoms with Crippen molar-refractivity contribution in [2.24, 2.45) is 17.8 Å². The maximum atomic E-state index is 11.8. The number of ketones is 1. The van der Waals surface area contributed by atoms with Crippen molar-refractivity contribution < 1.29 is 14.3 Å². The average molecular weight is 226 g/mol. The minimum atomic E-state index is -0.384. The molecule has 0 aliphatic heterocycles. The van der Waals surface area contributed by atoms with E-state index in [4.69, 9.17) is 4.74 Å². The van der Waals surface area contributed by atoms with E-state index in [1.165, 1.54) is 6.42 Å². The third-order valence-electron chi connectivity index (χ3n) is 3.57. The summed E-state index contributed by atoms with van der Waals surface area (Å²) in [5, 5.41) is 0. The second-order valence-electron chi connectivity index (χ2n) is 4.92. The van der Waals surface area contributed by atoms with Gasteiger partial charge in [-0.25, -0.2) is 0 Å². The van der Waals surface area contributed by atoms with E-state index in [1.807, 2.05) is 6.92 Å². The number of hydrogen-bond acceptors (Lipinski definition) is 3. The van der Waals surface area contributed by atoms with Crippen LogP contribution in [0, 0.1) is 17.8 Å². The molecule has 0 aromatic carbocycles. The summed E-state index contributed by atoms with van der Waals surface area (Å²) in [5.74, 6) is 0.858. The Hall–Kier alpha value is -0.860. The number of Topliss-reactive ketones (excluding diaryl/α,β-unsaturated/α-hetero) is 1. The van der Waals surface area contributed by atoms with E-state index < -0.39 is 0 Å². The first kappa shape index (κ1) is 13.2. The molecule has 0 bridgehead atoms. The summed E-state index contributed by atoms with van der Waals surface area (Å²) in [7, 11) is 0. The standard InChI is InChI=1S/C13H22O3/c1-4-16-13(15)8-12(14)10(3)11-6-5-9(2)7-11/h9-11H,4-8H2,1-3H3. The summed E-state index contributed by atoms with van der Waals surface area (Å²) < 4.78 is 4.79. The second kappa shape index (κ2) is 6.02. The monoisotopic (exact) mass is 226 g/mol. The number of carbonyl (C=O) groups is 2. The van der Waals surface area contributed by atoms with Crippen molar-refractivity contribution in [1.29, 1.82) is 0 Å². The van der Waals surface area contributed by atoms with E-state index >= 15 is 0 Å². The highest BCUT2D eigenvalue weighted by molar-refractivity contribution is 5.96. The van der Waals surface area contributed by atoms with Gasteiger partial charge in [0.15, 0.2) is 0 Å². The van der Waals surface area contributed by atoms with Gasteiger partial charge in [0.25, 0.3) is 0 Å². The lowest BCUT2D eigenvalue weighted by Crippen LogP contribution is -2.22. The van der Waals surface area contributed by atoms with E-state index in [9.17, 15) is 9.59 Å². The second-order valence-corrected chi connectivity index (χ2v) is 4.92. The highest BCUT2D eigenvalue weighted by atomic mass is 16.5. The van der Waals surface area contributed by atoms with E-state index in [-0.39, 0.29) is 24.1 Å². The lowest BCUT2D eigenvalue weighted by molar-refractivity contribution is -0.146. The predicted octanol–water partition coefficient (Wildman–Crippen LogP) is 2.58. The number of ether oxygens (including phenoxy) is 1. The molecular formula is C13H22O3. The third kappa shape index (κ3) is 3.62. The van der Waals surface area contributed by atoms with Gasteiger partial charge in [-0.1, -0.05) is 20.3 Å². The van der Waals surface area contributed by atoms with E-state index in [2.05, 4.69) is 6.92 Å². The fourth-order valence-corrected chi connectivity index (χ4v) is 2.48. The van der Waals surface area contributed by atoms with Crippen molar-refractivity contribution >= 4 is 11.8 Å². The van der Waals surface area contributed by atoms with Gasteiger partial charge in [0.1, 0.15) is 12.2 Å². The zero-order valence-electron chi connectivity index (χ0n) is 10.5. The van der Waals surface area contributed by atoms with Crippen LogP contribution in [0.25, 0.3) is 0 Å². The quantitative estimate of drug-likeness (QED) is 0.534. The first-order valence-corrected chi connectivity index (χ1v) is 6.22. The van der Waals surface area contributed by atoms with Crippen LogP contribution in [0.1, 0.15) is 46.5 Å². The van der Waals surface area contributed by atoms with Gasteiger partial charge in [-0.2, -0.15) is 0 Å². The van der Waals surface area contributed by atoms with Gasteiger partial charge >= 0.3 is 5.97 Å². The number of carbonyl (C=O) groups excluding carboxylic acids is 2. The van der Waals surface area contributed by atoms with Gasteiger partial charge in [0.05, 0.1) is 6.61 Å². The van der Waals surface area contributed by atoms with Crippen LogP contribution in [-0.4, -0.2) is 18.4 Å². The molecule has 1 saturated carbocycles. The van der Waals surface area contributed by atoms with Crippen molar-refractivity contribution in [2.75, 3.05) is 6.61 Å². The van der Waals surface area contributed by atoms with Crippen molar-refractivity contribution in [3.63, 3.8) is 0 Å². The first-order valence-electron chi connectivity index (χ1n) is 6.22. The van der Waals surface area contributed by atoms with Crippen LogP contribution in [0.2, 0.25) is 0 Å². The molecule has 0 spiro atoms. The summed E-state index contributed by atoms with van der Waals surface area (Å²) >= 11 is 0. The highest BCUT2D eigenvalue weighted by Crippen LogP contribution is 2.36. The van der Waals surface area contributed by atoms with Crippen LogP contribution in [-0.2, 0) is 14.3 Å². The molecule has 3 unspecified atom stereocenters. The van der Waals surface area contributed by atoms with Crippen molar-refractivity contribution in [3.8, 4) is 0 Å². The molecule has 1 fully saturated rings. The van der Waals surface area contributed by atoms with Crippen molar-refractivity contribution in [1.82, 2.24) is 0 Å². The van der Waals surface area contributed by atoms with Crippen LogP contribution >= 0.6 is 0 Å². The van der Waals surface area contributed by atoms with E-state index in [0.29, 0.717) is 12.5 Å². The molecule has 0 radical (unpaired) electrons. The zero-order chi connectivity index (χ0) is 12.1. The largest absolute Gasteiger partial charge is 0.466 e. The maximum Gasteiger partial charge on any atom is 0.313 e. The molecule has 0 N–H and O–H groups in total. The van der Waals surface area contributed by atoms with Gasteiger partial charge in [0, 0.05) is 5.92 Å². The van der Waals surface area contributed by atoms with Crippen LogP contribution in [0.15, 0.2) is 0 Å². The SMILES string of the molecule is CCOC(=O)CC(=O)C(C)C1CCC(C)C1. The Morgan fingerprint density at radius 1 is 1.38 bits per heavy atom. The Bertz CT molecular complexity index is 260. The molecule has 0 saturated heterocycles. The lowest BCUT2D eigenvalue weighted by Gasteiger charge is -2.17. The highest BCUT2D eigenvalue weighted by Gasteiger charge is 2.30. The summed E-state index contributed by atoms with van der Waals surface area (Å²) in [6.07, 6.45) is 3.40. The fraction of sp³-hybridized carbons (Fsp3) is 0.846. The molecule has 0 amide bonds. The molecule has 0 heterocycles. The number of esters is 1. The minimum absolute atomic E-state index is 0.00866. The molecule has 3 heteroatoms. The summed E-state index contributed by atoms with van der Waals surface area (Å²) in [6.45, 7) is 6.28. The Labute approximate surface area is 97.5 Å². The lowest BCUT2D eigenvalue weighted by atomic mass is 9.87. The first-order chi connectivity index (χ1) is 7.54. The summed E-state index contributed by atoms with van der Waals surface area (Å²) in [4.78, 5) is 23.0. The average Bonchev–Trinajstić information content (AvgIpc) is 2.64. The third-order valence-corrected chi connectivity index (χ3v) is 3.57. The van der Waals surface area contributed by atoms with Gasteiger partial charge in [-0.15, -0.1) is 0 Å². The molecule has 0 aromatic heterocycles. The van der Waals surface area contributed by atoms with Gasteiger partial charge in [-0.3, -0.25) is 9.59 Å². The van der Waals surface area contributed by atoms with Gasteiger partial charge < -0.3 is 4.74 Å². The fourth-order valence-electron chi connectivity index (χ4n) is 2.48. The van der Waals surface area contributed by atoms with E-state index in [0.717, 1.165) is 18.8 Å². The van der Waals surface area contributed by atoms with Crippen molar-refractivity contribution in [3.05, 3.63) is 0 Å². The predicted molar refractivity (Wildman–Crippen MR) is 61.9 cm³/mol. The molecule has 92 valence electrons. The summed E-state index contributed by atoms with van der Waals surface area (Å²) in [6, 6.07) is 0. The zero-order valence-corrected chi connectivity index (χ0v) is 10.5. The molecule has 1 aliphatic rings. The van der Waals surface area contributed by atoms with Crippen LogP contribution in [0.5, 0.6) is 0 Å². The smallest absolute Gasteiger partial charge is 0.313 e. The molecule has 1 rings (SSSR count). The number of rotatable bonds is 5. The van der Waals surface area contributed by atoms with Gasteiger partial charge in [-0.05, 0) is 31.6 Å². The van der Waals surface area contributed by atoms with E-state index in [1.54, 1.807) is 6.92 Å². The molecule has 16 heavy (non-hydrogen) atoms. The van der Waals surface area contributed by atoms with Crippen LogP contribution < -0.4 is 0 Å². The molecule has 1 aliphatic carbocycles. The normalized spacial score (nSPS) is 26.4. The molecule has 3 nitrogen and oxygen atoms in total. The Balaban J connectivity index is 2.38. The topological polar surface area (TPSA) is 43.4 Å². The molecule has 0 aromatic rings. The van der Waals surface area contributed by atoms with Crippen molar-refractivity contribution in [2.45, 2.75) is 46.5 Å². The minimum Gasteiger partial charge on any atom is -0.466 e. The Kier molecular flexibility index (Phi) is 4.97. The maximum absolute atomic E-state index is 11.8. The van der Waals surface area contributed by atoms with Crippen LogP contribution in [0.4, 0.5) is 0 Å². The number of hydrogen-bond donors (Lipinski definition) is 0. The van der Waals surface area contributed by atoms with Gasteiger partial charge in [0.2, 0.25) is 0 Å². The Morgan fingerprint density at radius 2 is 2.06 bits per heavy atom. The van der Waals surface area contributed by atoms with Crippen LogP contribution in [0.3, 0.4) is 0 Å². The molecule has 3 atom stereocenters. The Morgan fingerprint density at radius 3 is 2.56 bits per heavy atom. The summed E-state index contributed by atoms with van der Waals surface area (Å²) in [5.41, 5.74) is 0.